The second-order valence-corrected chi connectivity index (χ2v) is 5.86. The lowest BCUT2D eigenvalue weighted by atomic mass is 10.0. The number of aromatic nitrogens is 2. The molecule has 0 unspecified atom stereocenters. The third kappa shape index (κ3) is 3.59. The molecule has 0 aliphatic carbocycles. The fourth-order valence-electron chi connectivity index (χ4n) is 2.79. The number of rotatable bonds is 4. The maximum atomic E-state index is 13.5. The van der Waals surface area contributed by atoms with Crippen molar-refractivity contribution in [3.05, 3.63) is 71.4 Å². The van der Waals surface area contributed by atoms with Crippen molar-refractivity contribution >= 4 is 17.7 Å². The highest BCUT2D eigenvalue weighted by molar-refractivity contribution is 6.11. The predicted octanol–water partition coefficient (Wildman–Crippen LogP) is 4.06. The van der Waals surface area contributed by atoms with Crippen molar-refractivity contribution in [3.8, 4) is 11.1 Å². The smallest absolute Gasteiger partial charge is 0.435 e. The van der Waals surface area contributed by atoms with E-state index in [-0.39, 0.29) is 28.1 Å². The molecule has 0 aliphatic heterocycles. The zero-order valence-electron chi connectivity index (χ0n) is 14.5. The molecule has 0 aliphatic rings. The Balaban J connectivity index is 2.12. The van der Waals surface area contributed by atoms with Crippen molar-refractivity contribution < 1.29 is 27.9 Å². The van der Waals surface area contributed by atoms with Crippen molar-refractivity contribution in [3.63, 3.8) is 0 Å². The van der Waals surface area contributed by atoms with Gasteiger partial charge in [0.2, 0.25) is 0 Å². The number of nitrogens with one attached hydrogen (secondary N) is 1. The van der Waals surface area contributed by atoms with E-state index in [1.54, 1.807) is 18.2 Å². The Kier molecular flexibility index (Phi) is 4.91. The summed E-state index contributed by atoms with van der Waals surface area (Å²) >= 11 is 0. The Morgan fingerprint density at radius 3 is 2.14 bits per heavy atom. The van der Waals surface area contributed by atoms with Crippen molar-refractivity contribution in [1.82, 2.24) is 9.78 Å². The fraction of sp³-hybridized carbons (Fsp3) is 0.105. The van der Waals surface area contributed by atoms with Gasteiger partial charge in [0, 0.05) is 7.05 Å². The summed E-state index contributed by atoms with van der Waals surface area (Å²) in [6, 6.07) is 13.1. The molecule has 1 amide bonds. The molecule has 3 aromatic rings. The summed E-state index contributed by atoms with van der Waals surface area (Å²) in [7, 11) is 1.26. The molecular weight excluding hydrogens is 375 g/mol. The van der Waals surface area contributed by atoms with Crippen molar-refractivity contribution in [2.75, 3.05) is 5.32 Å². The summed E-state index contributed by atoms with van der Waals surface area (Å²) in [6.45, 7) is 0. The number of amides is 1. The van der Waals surface area contributed by atoms with Crippen molar-refractivity contribution in [1.29, 1.82) is 0 Å². The Labute approximate surface area is 157 Å². The SMILES string of the molecule is Cn1nc(C(F)(F)F)c(-c2ccccc2)c1NC(=O)c1ccccc1C(=O)O. The molecule has 0 fully saturated rings. The minimum absolute atomic E-state index is 0.177. The van der Waals surface area contributed by atoms with E-state index in [1.165, 1.54) is 43.4 Å². The molecule has 2 aromatic carbocycles. The molecule has 9 heteroatoms. The number of carbonyl (C=O) groups excluding carboxylic acids is 1. The molecule has 1 heterocycles. The van der Waals surface area contributed by atoms with Crippen LogP contribution < -0.4 is 5.32 Å². The molecule has 144 valence electrons. The first-order chi connectivity index (χ1) is 13.2. The standard InChI is InChI=1S/C19H14F3N3O3/c1-25-16(23-17(26)12-9-5-6-10-13(12)18(27)28)14(11-7-3-2-4-8-11)15(24-25)19(20,21)22/h2-10H,1H3,(H,23,26)(H,27,28). The van der Waals surface area contributed by atoms with Gasteiger partial charge in [-0.1, -0.05) is 42.5 Å². The summed E-state index contributed by atoms with van der Waals surface area (Å²) in [5.74, 6) is -2.37. The molecule has 1 aromatic heterocycles. The minimum Gasteiger partial charge on any atom is -0.478 e. The van der Waals surface area contributed by atoms with Gasteiger partial charge in [-0.3, -0.25) is 9.48 Å². The van der Waals surface area contributed by atoms with Gasteiger partial charge in [-0.05, 0) is 17.7 Å². The van der Waals surface area contributed by atoms with E-state index in [2.05, 4.69) is 10.4 Å². The van der Waals surface area contributed by atoms with Gasteiger partial charge < -0.3 is 10.4 Å². The van der Waals surface area contributed by atoms with E-state index in [4.69, 9.17) is 0 Å². The summed E-state index contributed by atoms with van der Waals surface area (Å²) in [4.78, 5) is 24.0. The number of aryl methyl sites for hydroxylation is 1. The summed E-state index contributed by atoms with van der Waals surface area (Å²) < 4.78 is 41.4. The summed E-state index contributed by atoms with van der Waals surface area (Å²) in [5, 5.41) is 15.1. The van der Waals surface area contributed by atoms with Gasteiger partial charge in [0.25, 0.3) is 5.91 Å². The number of carboxylic acid groups (broad SMARTS) is 1. The number of anilines is 1. The molecule has 0 saturated carbocycles. The number of aromatic carboxylic acids is 1. The second-order valence-electron chi connectivity index (χ2n) is 5.86. The van der Waals surface area contributed by atoms with Gasteiger partial charge in [-0.25, -0.2) is 4.79 Å². The molecule has 0 saturated heterocycles. The number of carboxylic acids is 1. The minimum atomic E-state index is -4.75. The Morgan fingerprint density at radius 1 is 1.00 bits per heavy atom. The second kappa shape index (κ2) is 7.18. The molecule has 6 nitrogen and oxygen atoms in total. The van der Waals surface area contributed by atoms with Gasteiger partial charge in [-0.15, -0.1) is 0 Å². The number of alkyl halides is 3. The van der Waals surface area contributed by atoms with E-state index < -0.39 is 23.7 Å². The lowest BCUT2D eigenvalue weighted by molar-refractivity contribution is -0.140. The average molecular weight is 389 g/mol. The maximum absolute atomic E-state index is 13.5. The lowest BCUT2D eigenvalue weighted by Crippen LogP contribution is -2.18. The summed E-state index contributed by atoms with van der Waals surface area (Å²) in [5.41, 5.74) is -1.67. The zero-order valence-corrected chi connectivity index (χ0v) is 14.5. The highest BCUT2D eigenvalue weighted by Crippen LogP contribution is 2.40. The fourth-order valence-corrected chi connectivity index (χ4v) is 2.79. The number of hydrogen-bond acceptors (Lipinski definition) is 3. The Morgan fingerprint density at radius 2 is 1.57 bits per heavy atom. The quantitative estimate of drug-likeness (QED) is 0.705. The molecule has 0 atom stereocenters. The number of hydrogen-bond donors (Lipinski definition) is 2. The molecule has 28 heavy (non-hydrogen) atoms. The predicted molar refractivity (Wildman–Crippen MR) is 95.0 cm³/mol. The molecular formula is C19H14F3N3O3. The van der Waals surface area contributed by atoms with Crippen LogP contribution in [0, 0.1) is 0 Å². The third-order valence-electron chi connectivity index (χ3n) is 4.01. The van der Waals surface area contributed by atoms with E-state index in [0.29, 0.717) is 0 Å². The van der Waals surface area contributed by atoms with Crippen LogP contribution in [0.1, 0.15) is 26.4 Å². The molecule has 0 radical (unpaired) electrons. The van der Waals surface area contributed by atoms with Crippen molar-refractivity contribution in [2.24, 2.45) is 7.05 Å². The normalized spacial score (nSPS) is 11.3. The van der Waals surface area contributed by atoms with Gasteiger partial charge in [0.1, 0.15) is 5.82 Å². The van der Waals surface area contributed by atoms with Crippen LogP contribution in [0.2, 0.25) is 0 Å². The van der Waals surface area contributed by atoms with Crippen LogP contribution in [0.4, 0.5) is 19.0 Å². The molecule has 0 spiro atoms. The van der Waals surface area contributed by atoms with Crippen molar-refractivity contribution in [2.45, 2.75) is 6.18 Å². The van der Waals surface area contributed by atoms with Gasteiger partial charge in [-0.2, -0.15) is 18.3 Å². The molecule has 0 bridgehead atoms. The monoisotopic (exact) mass is 389 g/mol. The highest BCUT2D eigenvalue weighted by Gasteiger charge is 2.39. The highest BCUT2D eigenvalue weighted by atomic mass is 19.4. The third-order valence-corrected chi connectivity index (χ3v) is 4.01. The number of carbonyl (C=O) groups is 2. The van der Waals surface area contributed by atoms with Crippen LogP contribution in [0.3, 0.4) is 0 Å². The van der Waals surface area contributed by atoms with E-state index in [1.807, 2.05) is 0 Å². The Bertz CT molecular complexity index is 1040. The molecule has 2 N–H and O–H groups in total. The number of benzene rings is 2. The van der Waals surface area contributed by atoms with E-state index in [0.717, 1.165) is 4.68 Å². The topological polar surface area (TPSA) is 84.2 Å². The Hall–Kier alpha value is -3.62. The van der Waals surface area contributed by atoms with E-state index in [9.17, 15) is 27.9 Å². The van der Waals surface area contributed by atoms with Crippen LogP contribution in [-0.2, 0) is 13.2 Å². The molecule has 3 rings (SSSR count). The largest absolute Gasteiger partial charge is 0.478 e. The maximum Gasteiger partial charge on any atom is 0.435 e. The lowest BCUT2D eigenvalue weighted by Gasteiger charge is -2.11. The van der Waals surface area contributed by atoms with Crippen LogP contribution in [0.25, 0.3) is 11.1 Å². The van der Waals surface area contributed by atoms with Crippen LogP contribution in [0.5, 0.6) is 0 Å². The average Bonchev–Trinajstić information content (AvgIpc) is 2.99. The van der Waals surface area contributed by atoms with E-state index >= 15 is 0 Å². The van der Waals surface area contributed by atoms with Crippen LogP contribution in [0.15, 0.2) is 54.6 Å². The first kappa shape index (κ1) is 19.2. The van der Waals surface area contributed by atoms with Gasteiger partial charge >= 0.3 is 12.1 Å². The van der Waals surface area contributed by atoms with Gasteiger partial charge in [0.05, 0.1) is 16.7 Å². The zero-order chi connectivity index (χ0) is 20.5. The van der Waals surface area contributed by atoms with Gasteiger partial charge in [0.15, 0.2) is 5.69 Å². The van der Waals surface area contributed by atoms with Crippen LogP contribution >= 0.6 is 0 Å². The number of nitrogens with zero attached hydrogens (tertiary/aromatic N) is 2. The number of halogens is 3. The summed E-state index contributed by atoms with van der Waals surface area (Å²) in [6.07, 6.45) is -4.75. The first-order valence-electron chi connectivity index (χ1n) is 8.03. The van der Waals surface area contributed by atoms with Crippen LogP contribution in [-0.4, -0.2) is 26.8 Å². The first-order valence-corrected chi connectivity index (χ1v) is 8.03.